The van der Waals surface area contributed by atoms with Crippen LogP contribution in [0.2, 0.25) is 0 Å². The maximum Gasteiger partial charge on any atom is 0.409 e. The molecule has 0 saturated carbocycles. The number of hydrogen-bond donors (Lipinski definition) is 1. The lowest BCUT2D eigenvalue weighted by Crippen LogP contribution is -2.47. The number of aryl methyl sites for hydroxylation is 2. The molecule has 2 aliphatic rings. The number of nitrogens with one attached hydrogen (secondary N) is 1. The van der Waals surface area contributed by atoms with E-state index in [1.807, 2.05) is 18.2 Å². The molecule has 7 nitrogen and oxygen atoms in total. The summed E-state index contributed by atoms with van der Waals surface area (Å²) in [7, 11) is 0. The van der Waals surface area contributed by atoms with Crippen molar-refractivity contribution in [2.45, 2.75) is 38.6 Å². The van der Waals surface area contributed by atoms with Crippen LogP contribution in [0.5, 0.6) is 0 Å². The van der Waals surface area contributed by atoms with Crippen molar-refractivity contribution in [2.24, 2.45) is 0 Å². The molecule has 0 unspecified atom stereocenters. The van der Waals surface area contributed by atoms with Gasteiger partial charge in [-0.05, 0) is 55.4 Å². The van der Waals surface area contributed by atoms with Gasteiger partial charge in [-0.2, -0.15) is 0 Å². The molecule has 1 aromatic carbocycles. The van der Waals surface area contributed by atoms with Gasteiger partial charge >= 0.3 is 12.1 Å². The Kier molecular flexibility index (Phi) is 6.56. The molecule has 1 saturated heterocycles. The third-order valence-corrected chi connectivity index (χ3v) is 6.85. The Morgan fingerprint density at radius 2 is 1.84 bits per heavy atom. The van der Waals surface area contributed by atoms with Gasteiger partial charge in [0.15, 0.2) is 6.61 Å². The van der Waals surface area contributed by atoms with Crippen LogP contribution >= 0.6 is 11.3 Å². The largest absolute Gasteiger partial charge is 0.451 e. The van der Waals surface area contributed by atoms with Crippen LogP contribution in [-0.4, -0.2) is 55.2 Å². The monoisotopic (exact) mass is 442 g/mol. The number of likely N-dealkylation sites (tertiary alicyclic amines) is 1. The molecule has 4 rings (SSSR count). The summed E-state index contributed by atoms with van der Waals surface area (Å²) >= 11 is 1.42. The minimum Gasteiger partial charge on any atom is -0.451 e. The van der Waals surface area contributed by atoms with Gasteiger partial charge in [0.25, 0.3) is 5.91 Å². The highest BCUT2D eigenvalue weighted by Gasteiger charge is 2.26. The number of ether oxygens (including phenoxy) is 2. The lowest BCUT2D eigenvalue weighted by molar-refractivity contribution is -0.125. The van der Waals surface area contributed by atoms with E-state index in [2.05, 4.69) is 17.4 Å². The molecular weight excluding hydrogens is 416 g/mol. The minimum atomic E-state index is -0.468. The molecule has 31 heavy (non-hydrogen) atoms. The first kappa shape index (κ1) is 21.4. The maximum atomic E-state index is 12.5. The van der Waals surface area contributed by atoms with E-state index in [1.165, 1.54) is 22.5 Å². The lowest BCUT2D eigenvalue weighted by Gasteiger charge is -2.31. The first-order valence-electron chi connectivity index (χ1n) is 10.6. The number of carbonyl (C=O) groups is 3. The molecule has 2 amide bonds. The second-order valence-corrected chi connectivity index (χ2v) is 8.78. The number of thiophene rings is 1. The zero-order valence-corrected chi connectivity index (χ0v) is 18.3. The Morgan fingerprint density at radius 3 is 2.61 bits per heavy atom. The van der Waals surface area contributed by atoms with Crippen molar-refractivity contribution in [1.82, 2.24) is 10.2 Å². The quantitative estimate of drug-likeness (QED) is 0.718. The standard InChI is InChI=1S/C23H26N2O5S/c1-2-29-23(28)25-11-9-17(10-12-25)24-20(26)14-30-22(27)19-13-16-8-7-15-5-3-4-6-18(15)21(16)31-19/h3-6,13,17H,2,7-12,14H2,1H3,(H,24,26). The highest BCUT2D eigenvalue weighted by atomic mass is 32.1. The number of carbonyl (C=O) groups excluding carboxylic acids is 3. The van der Waals surface area contributed by atoms with Crippen molar-refractivity contribution < 1.29 is 23.9 Å². The number of esters is 1. The van der Waals surface area contributed by atoms with Gasteiger partial charge in [-0.3, -0.25) is 4.79 Å². The Morgan fingerprint density at radius 1 is 1.10 bits per heavy atom. The van der Waals surface area contributed by atoms with E-state index < -0.39 is 5.97 Å². The fourth-order valence-corrected chi connectivity index (χ4v) is 5.23. The van der Waals surface area contributed by atoms with Crippen LogP contribution in [0, 0.1) is 0 Å². The smallest absolute Gasteiger partial charge is 0.409 e. The summed E-state index contributed by atoms with van der Waals surface area (Å²) in [6.07, 6.45) is 2.85. The summed E-state index contributed by atoms with van der Waals surface area (Å²) < 4.78 is 10.3. The fourth-order valence-electron chi connectivity index (χ4n) is 4.06. The summed E-state index contributed by atoms with van der Waals surface area (Å²) in [5.74, 6) is -0.793. The molecule has 1 aliphatic heterocycles. The van der Waals surface area contributed by atoms with Gasteiger partial charge in [0.05, 0.1) is 6.61 Å². The van der Waals surface area contributed by atoms with Gasteiger partial charge < -0.3 is 19.7 Å². The second kappa shape index (κ2) is 9.51. The zero-order valence-electron chi connectivity index (χ0n) is 17.5. The number of piperidine rings is 1. The van der Waals surface area contributed by atoms with Crippen LogP contribution in [-0.2, 0) is 27.1 Å². The van der Waals surface area contributed by atoms with Crippen molar-refractivity contribution in [1.29, 1.82) is 0 Å². The van der Waals surface area contributed by atoms with Crippen LogP contribution in [0.3, 0.4) is 0 Å². The van der Waals surface area contributed by atoms with Crippen LogP contribution in [0.1, 0.15) is 40.6 Å². The van der Waals surface area contributed by atoms with Crippen LogP contribution < -0.4 is 5.32 Å². The summed E-state index contributed by atoms with van der Waals surface area (Å²) in [6.45, 7) is 2.88. The molecule has 0 atom stereocenters. The molecule has 2 heterocycles. The average molecular weight is 443 g/mol. The molecule has 1 N–H and O–H groups in total. The number of benzene rings is 1. The summed E-state index contributed by atoms with van der Waals surface area (Å²) in [5.41, 5.74) is 3.64. The highest BCUT2D eigenvalue weighted by Crippen LogP contribution is 2.39. The molecule has 164 valence electrons. The third kappa shape index (κ3) is 4.90. The topological polar surface area (TPSA) is 84.9 Å². The molecule has 1 fully saturated rings. The fraction of sp³-hybridized carbons (Fsp3) is 0.435. The summed E-state index contributed by atoms with van der Waals surface area (Å²) in [6, 6.07) is 10.1. The van der Waals surface area contributed by atoms with E-state index in [9.17, 15) is 14.4 Å². The Balaban J connectivity index is 1.26. The third-order valence-electron chi connectivity index (χ3n) is 5.66. The number of amides is 2. The normalized spacial score (nSPS) is 15.6. The zero-order chi connectivity index (χ0) is 21.8. The van der Waals surface area contributed by atoms with E-state index >= 15 is 0 Å². The number of fused-ring (bicyclic) bond motifs is 3. The average Bonchev–Trinajstić information content (AvgIpc) is 3.23. The number of hydrogen-bond acceptors (Lipinski definition) is 6. The van der Waals surface area contributed by atoms with E-state index in [4.69, 9.17) is 9.47 Å². The molecule has 0 spiro atoms. The molecule has 2 aromatic rings. The predicted octanol–water partition coefficient (Wildman–Crippen LogP) is 3.41. The molecule has 0 bridgehead atoms. The SMILES string of the molecule is CCOC(=O)N1CCC(NC(=O)COC(=O)c2cc3c(s2)-c2ccccc2CC3)CC1. The number of nitrogens with zero attached hydrogens (tertiary/aromatic N) is 1. The first-order valence-corrected chi connectivity index (χ1v) is 11.5. The summed E-state index contributed by atoms with van der Waals surface area (Å²) in [5, 5.41) is 2.89. The van der Waals surface area contributed by atoms with Crippen LogP contribution in [0.15, 0.2) is 30.3 Å². The lowest BCUT2D eigenvalue weighted by atomic mass is 9.91. The van der Waals surface area contributed by atoms with Crippen molar-refractivity contribution in [3.63, 3.8) is 0 Å². The first-order chi connectivity index (χ1) is 15.0. The molecular formula is C23H26N2O5S. The Bertz CT molecular complexity index is 978. The molecule has 1 aromatic heterocycles. The van der Waals surface area contributed by atoms with Crippen molar-refractivity contribution in [3.05, 3.63) is 46.3 Å². The van der Waals surface area contributed by atoms with Crippen LogP contribution in [0.4, 0.5) is 4.79 Å². The highest BCUT2D eigenvalue weighted by molar-refractivity contribution is 7.17. The van der Waals surface area contributed by atoms with Crippen molar-refractivity contribution in [2.75, 3.05) is 26.3 Å². The van der Waals surface area contributed by atoms with E-state index in [1.54, 1.807) is 11.8 Å². The van der Waals surface area contributed by atoms with E-state index in [0.717, 1.165) is 23.3 Å². The van der Waals surface area contributed by atoms with Gasteiger partial charge in [0, 0.05) is 24.0 Å². The number of rotatable bonds is 5. The summed E-state index contributed by atoms with van der Waals surface area (Å²) in [4.78, 5) is 39.8. The predicted molar refractivity (Wildman–Crippen MR) is 117 cm³/mol. The van der Waals surface area contributed by atoms with E-state index in [0.29, 0.717) is 37.4 Å². The van der Waals surface area contributed by atoms with Gasteiger partial charge in [0.1, 0.15) is 4.88 Å². The van der Waals surface area contributed by atoms with Crippen LogP contribution in [0.25, 0.3) is 10.4 Å². The van der Waals surface area contributed by atoms with E-state index in [-0.39, 0.29) is 24.6 Å². The maximum absolute atomic E-state index is 12.5. The van der Waals surface area contributed by atoms with Crippen molar-refractivity contribution in [3.8, 4) is 10.4 Å². The van der Waals surface area contributed by atoms with Gasteiger partial charge in [-0.25, -0.2) is 9.59 Å². The van der Waals surface area contributed by atoms with Gasteiger partial charge in [-0.15, -0.1) is 11.3 Å². The van der Waals surface area contributed by atoms with Crippen molar-refractivity contribution >= 4 is 29.3 Å². The molecule has 8 heteroatoms. The Hall–Kier alpha value is -2.87. The Labute approximate surface area is 185 Å². The minimum absolute atomic E-state index is 0.0394. The molecule has 1 aliphatic carbocycles. The van der Waals surface area contributed by atoms with Gasteiger partial charge in [-0.1, -0.05) is 24.3 Å². The second-order valence-electron chi connectivity index (χ2n) is 7.73. The van der Waals surface area contributed by atoms with Gasteiger partial charge in [0.2, 0.25) is 0 Å². The molecule has 0 radical (unpaired) electrons.